The van der Waals surface area contributed by atoms with Crippen molar-refractivity contribution < 1.29 is 4.39 Å². The molecular formula is C15H26FN3. The van der Waals surface area contributed by atoms with Crippen LogP contribution in [0, 0.1) is 5.82 Å². The molecule has 0 heterocycles. The molecule has 19 heavy (non-hydrogen) atoms. The third-order valence-electron chi connectivity index (χ3n) is 3.16. The molecule has 108 valence electrons. The predicted molar refractivity (Wildman–Crippen MR) is 80.2 cm³/mol. The van der Waals surface area contributed by atoms with Crippen LogP contribution < -0.4 is 10.6 Å². The zero-order chi connectivity index (χ0) is 14.3. The normalized spacial score (nSPS) is 11.1. The molecule has 0 aliphatic rings. The van der Waals surface area contributed by atoms with Crippen molar-refractivity contribution in [3.63, 3.8) is 0 Å². The van der Waals surface area contributed by atoms with Gasteiger partial charge in [0.05, 0.1) is 0 Å². The van der Waals surface area contributed by atoms with Crippen LogP contribution in [-0.4, -0.2) is 45.2 Å². The van der Waals surface area contributed by atoms with Gasteiger partial charge >= 0.3 is 0 Å². The zero-order valence-electron chi connectivity index (χ0n) is 12.3. The molecule has 1 aromatic rings. The summed E-state index contributed by atoms with van der Waals surface area (Å²) in [5.74, 6) is -0.174. The van der Waals surface area contributed by atoms with E-state index in [1.165, 1.54) is 0 Å². The van der Waals surface area contributed by atoms with Gasteiger partial charge in [-0.15, -0.1) is 0 Å². The molecule has 0 atom stereocenters. The van der Waals surface area contributed by atoms with Crippen molar-refractivity contribution in [3.8, 4) is 0 Å². The molecule has 0 spiro atoms. The van der Waals surface area contributed by atoms with Gasteiger partial charge in [0.25, 0.3) is 0 Å². The molecule has 0 fully saturated rings. The van der Waals surface area contributed by atoms with Gasteiger partial charge < -0.3 is 15.5 Å². The lowest BCUT2D eigenvalue weighted by molar-refractivity contribution is 0.400. The fourth-order valence-electron chi connectivity index (χ4n) is 2.17. The summed E-state index contributed by atoms with van der Waals surface area (Å²) in [4.78, 5) is 4.38. The molecule has 1 rings (SSSR count). The number of nitrogens with zero attached hydrogens (tertiary/aromatic N) is 2. The summed E-state index contributed by atoms with van der Waals surface area (Å²) in [5.41, 5.74) is 7.48. The van der Waals surface area contributed by atoms with Crippen LogP contribution >= 0.6 is 0 Å². The number of rotatable bonds is 8. The van der Waals surface area contributed by atoms with E-state index in [2.05, 4.69) is 36.9 Å². The Balaban J connectivity index is 2.73. The van der Waals surface area contributed by atoms with Crippen molar-refractivity contribution >= 4 is 5.69 Å². The van der Waals surface area contributed by atoms with Crippen molar-refractivity contribution in [1.82, 2.24) is 4.90 Å². The van der Waals surface area contributed by atoms with Gasteiger partial charge in [-0.05, 0) is 70.7 Å². The highest BCUT2D eigenvalue weighted by molar-refractivity contribution is 5.49. The molecule has 1 aromatic carbocycles. The lowest BCUT2D eigenvalue weighted by Gasteiger charge is -2.24. The molecule has 0 amide bonds. The van der Waals surface area contributed by atoms with Crippen molar-refractivity contribution in [2.45, 2.75) is 19.8 Å². The third-order valence-corrected chi connectivity index (χ3v) is 3.16. The van der Waals surface area contributed by atoms with Gasteiger partial charge in [0.1, 0.15) is 5.82 Å². The fraction of sp³-hybridized carbons (Fsp3) is 0.600. The van der Waals surface area contributed by atoms with Crippen molar-refractivity contribution in [2.24, 2.45) is 5.73 Å². The first-order valence-electron chi connectivity index (χ1n) is 6.96. The Hall–Kier alpha value is -1.13. The molecular weight excluding hydrogens is 241 g/mol. The molecule has 0 aromatic heterocycles. The maximum absolute atomic E-state index is 13.6. The number of anilines is 1. The molecule has 0 saturated carbocycles. The summed E-state index contributed by atoms with van der Waals surface area (Å²) in [6, 6.07) is 5.23. The fourth-order valence-corrected chi connectivity index (χ4v) is 2.17. The molecule has 0 radical (unpaired) electrons. The van der Waals surface area contributed by atoms with Crippen molar-refractivity contribution in [3.05, 3.63) is 29.6 Å². The number of halogens is 1. The number of hydrogen-bond donors (Lipinski definition) is 1. The minimum Gasteiger partial charge on any atom is -0.372 e. The number of nitrogens with two attached hydrogens (primary N) is 1. The predicted octanol–water partition coefficient (Wildman–Crippen LogP) is 2.10. The van der Waals surface area contributed by atoms with E-state index in [1.54, 1.807) is 12.1 Å². The Morgan fingerprint density at radius 2 is 1.89 bits per heavy atom. The summed E-state index contributed by atoms with van der Waals surface area (Å²) in [7, 11) is 4.13. The standard InChI is InChI=1S/C15H26FN3/c1-4-19(9-5-8-18(2)3)15-11-13(6-7-17)10-14(16)12-15/h10-12H,4-9,17H2,1-3H3. The van der Waals surface area contributed by atoms with E-state index in [-0.39, 0.29) is 5.82 Å². The zero-order valence-corrected chi connectivity index (χ0v) is 12.3. The van der Waals surface area contributed by atoms with Crippen LogP contribution in [0.2, 0.25) is 0 Å². The summed E-state index contributed by atoms with van der Waals surface area (Å²) in [5, 5.41) is 0. The van der Waals surface area contributed by atoms with Crippen LogP contribution in [0.5, 0.6) is 0 Å². The molecule has 4 heteroatoms. The molecule has 0 saturated heterocycles. The lowest BCUT2D eigenvalue weighted by Crippen LogP contribution is -2.27. The Morgan fingerprint density at radius 1 is 1.16 bits per heavy atom. The molecule has 0 aliphatic heterocycles. The average molecular weight is 267 g/mol. The van der Waals surface area contributed by atoms with E-state index in [4.69, 9.17) is 5.73 Å². The largest absolute Gasteiger partial charge is 0.372 e. The molecule has 2 N–H and O–H groups in total. The minimum absolute atomic E-state index is 0.174. The van der Waals surface area contributed by atoms with E-state index in [0.717, 1.165) is 43.7 Å². The van der Waals surface area contributed by atoms with E-state index in [9.17, 15) is 4.39 Å². The second-order valence-electron chi connectivity index (χ2n) is 5.09. The van der Waals surface area contributed by atoms with Gasteiger partial charge in [-0.3, -0.25) is 0 Å². The van der Waals surface area contributed by atoms with E-state index in [0.29, 0.717) is 6.54 Å². The maximum atomic E-state index is 13.6. The number of hydrogen-bond acceptors (Lipinski definition) is 3. The Morgan fingerprint density at radius 3 is 2.47 bits per heavy atom. The highest BCUT2D eigenvalue weighted by atomic mass is 19.1. The summed E-state index contributed by atoms with van der Waals surface area (Å²) in [6.07, 6.45) is 1.80. The number of benzene rings is 1. The Labute approximate surface area is 116 Å². The smallest absolute Gasteiger partial charge is 0.125 e. The van der Waals surface area contributed by atoms with E-state index < -0.39 is 0 Å². The van der Waals surface area contributed by atoms with Crippen LogP contribution in [0.4, 0.5) is 10.1 Å². The van der Waals surface area contributed by atoms with E-state index >= 15 is 0 Å². The van der Waals surface area contributed by atoms with Gasteiger partial charge in [0.15, 0.2) is 0 Å². The van der Waals surface area contributed by atoms with E-state index in [1.807, 2.05) is 0 Å². The summed E-state index contributed by atoms with van der Waals surface area (Å²) < 4.78 is 13.6. The topological polar surface area (TPSA) is 32.5 Å². The second kappa shape index (κ2) is 8.12. The third kappa shape index (κ3) is 5.57. The SMILES string of the molecule is CCN(CCCN(C)C)c1cc(F)cc(CCN)c1. The maximum Gasteiger partial charge on any atom is 0.125 e. The molecule has 0 bridgehead atoms. The molecule has 3 nitrogen and oxygen atoms in total. The summed E-state index contributed by atoms with van der Waals surface area (Å²) >= 11 is 0. The van der Waals surface area contributed by atoms with Crippen LogP contribution in [0.25, 0.3) is 0 Å². The average Bonchev–Trinajstić information content (AvgIpc) is 2.34. The van der Waals surface area contributed by atoms with Gasteiger partial charge in [-0.2, -0.15) is 0 Å². The van der Waals surface area contributed by atoms with Gasteiger partial charge in [-0.1, -0.05) is 0 Å². The lowest BCUT2D eigenvalue weighted by atomic mass is 10.1. The second-order valence-corrected chi connectivity index (χ2v) is 5.09. The van der Waals surface area contributed by atoms with Crippen LogP contribution in [0.3, 0.4) is 0 Å². The first-order chi connectivity index (χ1) is 9.06. The minimum atomic E-state index is -0.174. The highest BCUT2D eigenvalue weighted by Gasteiger charge is 2.07. The summed E-state index contributed by atoms with van der Waals surface area (Å²) in [6.45, 7) is 5.53. The van der Waals surface area contributed by atoms with Gasteiger partial charge in [0, 0.05) is 18.8 Å². The quantitative estimate of drug-likeness (QED) is 0.783. The Bertz CT molecular complexity index is 380. The molecule has 0 unspecified atom stereocenters. The monoisotopic (exact) mass is 267 g/mol. The first kappa shape index (κ1) is 15.9. The first-order valence-corrected chi connectivity index (χ1v) is 6.96. The highest BCUT2D eigenvalue weighted by Crippen LogP contribution is 2.19. The van der Waals surface area contributed by atoms with Crippen LogP contribution in [0.15, 0.2) is 18.2 Å². The molecule has 0 aliphatic carbocycles. The van der Waals surface area contributed by atoms with Gasteiger partial charge in [-0.25, -0.2) is 4.39 Å². The van der Waals surface area contributed by atoms with Crippen LogP contribution in [-0.2, 0) is 6.42 Å². The van der Waals surface area contributed by atoms with Gasteiger partial charge in [0.2, 0.25) is 0 Å². The van der Waals surface area contributed by atoms with Crippen LogP contribution in [0.1, 0.15) is 18.9 Å². The van der Waals surface area contributed by atoms with Crippen molar-refractivity contribution in [2.75, 3.05) is 45.2 Å². The Kier molecular flexibility index (Phi) is 6.81. The van der Waals surface area contributed by atoms with Crippen molar-refractivity contribution in [1.29, 1.82) is 0 Å².